The first-order chi connectivity index (χ1) is 12.7. The number of benzene rings is 1. The van der Waals surface area contributed by atoms with Crippen LogP contribution in [0, 0.1) is 5.92 Å². The molecule has 0 saturated carbocycles. The van der Waals surface area contributed by atoms with Gasteiger partial charge < -0.3 is 14.9 Å². The number of aromatic carboxylic acids is 1. The number of carboxylic acid groups (broad SMARTS) is 1. The second kappa shape index (κ2) is 9.07. The van der Waals surface area contributed by atoms with Crippen molar-refractivity contribution in [2.75, 3.05) is 6.61 Å². The Morgan fingerprint density at radius 1 is 1.30 bits per heavy atom. The van der Waals surface area contributed by atoms with Gasteiger partial charge >= 0.3 is 11.9 Å². The van der Waals surface area contributed by atoms with Gasteiger partial charge in [0.2, 0.25) is 0 Å². The van der Waals surface area contributed by atoms with Crippen LogP contribution in [0.1, 0.15) is 86.7 Å². The van der Waals surface area contributed by atoms with Crippen molar-refractivity contribution >= 4 is 11.9 Å². The molecule has 1 aliphatic rings. The second-order valence-corrected chi connectivity index (χ2v) is 7.77. The van der Waals surface area contributed by atoms with E-state index in [1.807, 2.05) is 6.92 Å². The Kier molecular flexibility index (Phi) is 7.05. The van der Waals surface area contributed by atoms with Gasteiger partial charge in [0.15, 0.2) is 0 Å². The van der Waals surface area contributed by atoms with Crippen molar-refractivity contribution in [2.45, 2.75) is 65.2 Å². The number of allylic oxidation sites excluding steroid dienone is 1. The monoisotopic (exact) mass is 374 g/mol. The van der Waals surface area contributed by atoms with E-state index in [1.165, 1.54) is 13.0 Å². The zero-order valence-electron chi connectivity index (χ0n) is 16.6. The number of carbonyl (C=O) groups excluding carboxylic acids is 1. The van der Waals surface area contributed by atoms with Gasteiger partial charge in [0.1, 0.15) is 12.4 Å². The molecule has 5 heteroatoms. The van der Waals surface area contributed by atoms with Crippen LogP contribution in [0.4, 0.5) is 0 Å². The molecule has 0 radical (unpaired) electrons. The number of carbonyl (C=O) groups is 2. The van der Waals surface area contributed by atoms with Crippen LogP contribution >= 0.6 is 0 Å². The van der Waals surface area contributed by atoms with Crippen LogP contribution < -0.4 is 0 Å². The number of rotatable bonds is 7. The Labute approximate surface area is 161 Å². The average molecular weight is 374 g/mol. The first-order valence-corrected chi connectivity index (χ1v) is 9.59. The molecule has 0 fully saturated rings. The Balaban J connectivity index is 2.13. The van der Waals surface area contributed by atoms with Crippen LogP contribution in [0.15, 0.2) is 23.8 Å². The molecule has 0 aliphatic heterocycles. The smallest absolute Gasteiger partial charge is 0.335 e. The van der Waals surface area contributed by atoms with Gasteiger partial charge in [-0.2, -0.15) is 0 Å². The standard InChI is InChI=1S/C22H30O5/c1-13(12-27-16(4)23)6-5-7-14(2)18-9-8-15(3)21-19(18)10-17(22(25)26)11-20(21)24/h6,10-11,14-15,18,24H,5,7-9,12H2,1-4H3,(H,25,26)/b13-6+/t14-,15+,18-/m0/s1. The largest absolute Gasteiger partial charge is 0.508 e. The highest BCUT2D eigenvalue weighted by Gasteiger charge is 2.31. The van der Waals surface area contributed by atoms with Gasteiger partial charge in [-0.05, 0) is 73.6 Å². The van der Waals surface area contributed by atoms with Gasteiger partial charge in [0, 0.05) is 12.5 Å². The Morgan fingerprint density at radius 2 is 2.00 bits per heavy atom. The minimum Gasteiger partial charge on any atom is -0.508 e. The normalized spacial score (nSPS) is 20.7. The second-order valence-electron chi connectivity index (χ2n) is 7.77. The Bertz CT molecular complexity index is 734. The van der Waals surface area contributed by atoms with Gasteiger partial charge in [-0.1, -0.05) is 19.9 Å². The summed E-state index contributed by atoms with van der Waals surface area (Å²) in [4.78, 5) is 22.3. The molecule has 2 rings (SSSR count). The molecule has 1 aromatic rings. The highest BCUT2D eigenvalue weighted by atomic mass is 16.5. The molecule has 0 unspecified atom stereocenters. The summed E-state index contributed by atoms with van der Waals surface area (Å²) < 4.78 is 4.99. The third-order valence-electron chi connectivity index (χ3n) is 5.54. The summed E-state index contributed by atoms with van der Waals surface area (Å²) in [6, 6.07) is 3.11. The molecule has 148 valence electrons. The third kappa shape index (κ3) is 5.34. The maximum Gasteiger partial charge on any atom is 0.335 e. The van der Waals surface area contributed by atoms with Crippen molar-refractivity contribution in [3.63, 3.8) is 0 Å². The van der Waals surface area contributed by atoms with E-state index in [-0.39, 0.29) is 29.1 Å². The number of carboxylic acids is 1. The summed E-state index contributed by atoms with van der Waals surface area (Å²) in [5, 5.41) is 19.7. The number of esters is 1. The van der Waals surface area contributed by atoms with Crippen LogP contribution in [0.2, 0.25) is 0 Å². The number of hydrogen-bond donors (Lipinski definition) is 2. The van der Waals surface area contributed by atoms with E-state index in [0.29, 0.717) is 12.5 Å². The van der Waals surface area contributed by atoms with E-state index in [2.05, 4.69) is 19.9 Å². The molecule has 27 heavy (non-hydrogen) atoms. The zero-order chi connectivity index (χ0) is 20.1. The van der Waals surface area contributed by atoms with Gasteiger partial charge in [0.05, 0.1) is 5.56 Å². The van der Waals surface area contributed by atoms with Crippen LogP contribution in [-0.4, -0.2) is 28.8 Å². The van der Waals surface area contributed by atoms with Crippen molar-refractivity contribution in [1.82, 2.24) is 0 Å². The van der Waals surface area contributed by atoms with E-state index >= 15 is 0 Å². The maximum atomic E-state index is 11.4. The zero-order valence-corrected chi connectivity index (χ0v) is 16.6. The SMILES string of the molecule is CC(=O)OC/C(C)=C/CC[C@H](C)[C@@H]1CC[C@@H](C)c2c(O)cc(C(=O)O)cc21. The lowest BCUT2D eigenvalue weighted by Gasteiger charge is -2.34. The number of ether oxygens (including phenoxy) is 1. The van der Waals surface area contributed by atoms with Gasteiger partial charge in [-0.15, -0.1) is 0 Å². The summed E-state index contributed by atoms with van der Waals surface area (Å²) in [5.41, 5.74) is 3.07. The van der Waals surface area contributed by atoms with E-state index in [4.69, 9.17) is 4.74 Å². The lowest BCUT2D eigenvalue weighted by atomic mass is 9.71. The molecule has 1 aromatic carbocycles. The quantitative estimate of drug-likeness (QED) is 0.518. The molecular weight excluding hydrogens is 344 g/mol. The topological polar surface area (TPSA) is 83.8 Å². The molecule has 0 bridgehead atoms. The molecule has 2 N–H and O–H groups in total. The van der Waals surface area contributed by atoms with Gasteiger partial charge in [-0.25, -0.2) is 4.79 Å². The first kappa shape index (κ1) is 21.0. The molecule has 0 aromatic heterocycles. The van der Waals surface area contributed by atoms with E-state index < -0.39 is 5.97 Å². The van der Waals surface area contributed by atoms with Crippen molar-refractivity contribution in [1.29, 1.82) is 0 Å². The minimum absolute atomic E-state index is 0.103. The molecule has 0 spiro atoms. The fraction of sp³-hybridized carbons (Fsp3) is 0.545. The number of phenols is 1. The minimum atomic E-state index is -1.01. The molecule has 0 heterocycles. The van der Waals surface area contributed by atoms with Crippen molar-refractivity contribution < 1.29 is 24.5 Å². The molecule has 0 amide bonds. The highest BCUT2D eigenvalue weighted by Crippen LogP contribution is 2.47. The van der Waals surface area contributed by atoms with E-state index in [9.17, 15) is 19.8 Å². The predicted molar refractivity (Wildman–Crippen MR) is 104 cm³/mol. The van der Waals surface area contributed by atoms with Crippen molar-refractivity contribution in [3.8, 4) is 5.75 Å². The third-order valence-corrected chi connectivity index (χ3v) is 5.54. The first-order valence-electron chi connectivity index (χ1n) is 9.59. The summed E-state index contributed by atoms with van der Waals surface area (Å²) in [5.74, 6) is -0.357. The predicted octanol–water partition coefficient (Wildman–Crippen LogP) is 5.00. The summed E-state index contributed by atoms with van der Waals surface area (Å²) in [6.07, 6.45) is 5.91. The fourth-order valence-corrected chi connectivity index (χ4v) is 4.02. The summed E-state index contributed by atoms with van der Waals surface area (Å²) in [7, 11) is 0. The van der Waals surface area contributed by atoms with E-state index in [1.54, 1.807) is 6.07 Å². The fourth-order valence-electron chi connectivity index (χ4n) is 4.02. The van der Waals surface area contributed by atoms with Crippen LogP contribution in [0.3, 0.4) is 0 Å². The Morgan fingerprint density at radius 3 is 2.63 bits per heavy atom. The maximum absolute atomic E-state index is 11.4. The summed E-state index contributed by atoms with van der Waals surface area (Å²) >= 11 is 0. The van der Waals surface area contributed by atoms with Gasteiger partial charge in [-0.3, -0.25) is 4.79 Å². The van der Waals surface area contributed by atoms with Gasteiger partial charge in [0.25, 0.3) is 0 Å². The lowest BCUT2D eigenvalue weighted by molar-refractivity contribution is -0.139. The number of hydrogen-bond acceptors (Lipinski definition) is 4. The van der Waals surface area contributed by atoms with Crippen molar-refractivity contribution in [2.24, 2.45) is 5.92 Å². The number of fused-ring (bicyclic) bond motifs is 1. The van der Waals surface area contributed by atoms with Crippen LogP contribution in [0.25, 0.3) is 0 Å². The molecule has 0 saturated heterocycles. The molecule has 5 nitrogen and oxygen atoms in total. The molecule has 3 atom stereocenters. The number of aromatic hydroxyl groups is 1. The summed E-state index contributed by atoms with van der Waals surface area (Å²) in [6.45, 7) is 7.94. The average Bonchev–Trinajstić information content (AvgIpc) is 2.59. The number of phenolic OH excluding ortho intramolecular Hbond substituents is 1. The van der Waals surface area contributed by atoms with E-state index in [0.717, 1.165) is 42.4 Å². The van der Waals surface area contributed by atoms with Crippen LogP contribution in [-0.2, 0) is 9.53 Å². The van der Waals surface area contributed by atoms with Crippen LogP contribution in [0.5, 0.6) is 5.75 Å². The molecular formula is C22H30O5. The Hall–Kier alpha value is -2.30. The highest BCUT2D eigenvalue weighted by molar-refractivity contribution is 5.88. The molecule has 1 aliphatic carbocycles. The van der Waals surface area contributed by atoms with Crippen molar-refractivity contribution in [3.05, 3.63) is 40.5 Å². The lowest BCUT2D eigenvalue weighted by Crippen LogP contribution is -2.19.